The molecule has 4 N–H and O–H groups in total. The first kappa shape index (κ1) is 23.6. The lowest BCUT2D eigenvalue weighted by Gasteiger charge is -2.49. The highest BCUT2D eigenvalue weighted by molar-refractivity contribution is 8.00. The summed E-state index contributed by atoms with van der Waals surface area (Å²) >= 11 is 2.17. The summed E-state index contributed by atoms with van der Waals surface area (Å²) in [4.78, 5) is 47.7. The van der Waals surface area contributed by atoms with Crippen LogP contribution in [-0.4, -0.2) is 76.8 Å². The molecule has 0 saturated carbocycles. The highest BCUT2D eigenvalue weighted by Gasteiger charge is 2.54. The number of rotatable bonds is 7. The Morgan fingerprint density at radius 1 is 1.44 bits per heavy atom. The average molecular weight is 535 g/mol. The van der Waals surface area contributed by atoms with E-state index in [0.717, 1.165) is 16.4 Å². The third kappa shape index (κ3) is 4.01. The van der Waals surface area contributed by atoms with E-state index >= 15 is 0 Å². The quantitative estimate of drug-likeness (QED) is 0.147. The molecule has 36 heavy (non-hydrogen) atoms. The highest BCUT2D eigenvalue weighted by atomic mass is 32.2. The minimum absolute atomic E-state index is 0.0589. The molecule has 1 fully saturated rings. The molecular weight excluding hydrogens is 517 g/mol. The number of nitrogen functional groups attached to an aromatic ring is 1. The van der Waals surface area contributed by atoms with Crippen LogP contribution in [0.15, 0.2) is 41.0 Å². The maximum Gasteiger partial charge on any atom is 0.352 e. The van der Waals surface area contributed by atoms with Gasteiger partial charge in [-0.3, -0.25) is 14.5 Å². The summed E-state index contributed by atoms with van der Waals surface area (Å²) in [6, 6.07) is 1.73. The lowest BCUT2D eigenvalue weighted by molar-refractivity contribution is -0.662. The Kier molecular flexibility index (Phi) is 6.00. The van der Waals surface area contributed by atoms with Crippen molar-refractivity contribution in [1.82, 2.24) is 29.2 Å². The Morgan fingerprint density at radius 2 is 2.25 bits per heavy atom. The van der Waals surface area contributed by atoms with Crippen molar-refractivity contribution < 1.29 is 33.3 Å². The Labute approximate surface area is 209 Å². The van der Waals surface area contributed by atoms with Gasteiger partial charge in [0.2, 0.25) is 11.5 Å². The van der Waals surface area contributed by atoms with Crippen molar-refractivity contribution in [2.45, 2.75) is 18.0 Å². The molecule has 14 nitrogen and oxygen atoms in total. The number of halogens is 1. The van der Waals surface area contributed by atoms with Gasteiger partial charge in [-0.2, -0.15) is 13.7 Å². The first-order valence-corrected chi connectivity index (χ1v) is 12.1. The smallest absolute Gasteiger partial charge is 0.352 e. The fourth-order valence-corrected chi connectivity index (χ4v) is 5.69. The van der Waals surface area contributed by atoms with Crippen LogP contribution < -0.4 is 15.6 Å². The molecule has 2 amide bonds. The summed E-state index contributed by atoms with van der Waals surface area (Å²) in [6.07, 6.45) is 3.18. The van der Waals surface area contributed by atoms with Gasteiger partial charge in [-0.15, -0.1) is 11.8 Å². The molecule has 2 atom stereocenters. The summed E-state index contributed by atoms with van der Waals surface area (Å²) in [5.74, 6) is -3.06. The van der Waals surface area contributed by atoms with Crippen LogP contribution >= 0.6 is 23.3 Å². The Morgan fingerprint density at radius 3 is 2.94 bits per heavy atom. The second-order valence-electron chi connectivity index (χ2n) is 7.58. The molecule has 2 aliphatic rings. The number of carbonyl (C=O) groups excluding carboxylic acids is 2. The number of nitrogens with zero attached hydrogens (tertiary/aromatic N) is 7. The van der Waals surface area contributed by atoms with E-state index in [1.54, 1.807) is 17.0 Å². The first-order chi connectivity index (χ1) is 17.3. The summed E-state index contributed by atoms with van der Waals surface area (Å²) in [7, 11) is 1.24. The maximum absolute atomic E-state index is 13.4. The first-order valence-electron chi connectivity index (χ1n) is 10.2. The van der Waals surface area contributed by atoms with Gasteiger partial charge in [0.15, 0.2) is 11.3 Å². The van der Waals surface area contributed by atoms with Gasteiger partial charge in [0, 0.05) is 35.0 Å². The number of imidazole rings is 1. The molecule has 17 heteroatoms. The van der Waals surface area contributed by atoms with E-state index in [0.29, 0.717) is 11.2 Å². The fourth-order valence-electron chi connectivity index (χ4n) is 3.92. The number of amides is 2. The summed E-state index contributed by atoms with van der Waals surface area (Å²) < 4.78 is 20.4. The van der Waals surface area contributed by atoms with Gasteiger partial charge in [0.25, 0.3) is 17.8 Å². The molecule has 3 aromatic rings. The number of carbonyl (C=O) groups is 3. The van der Waals surface area contributed by atoms with Gasteiger partial charge in [-0.1, -0.05) is 9.67 Å². The van der Waals surface area contributed by atoms with Gasteiger partial charge in [0.05, 0.1) is 0 Å². The van der Waals surface area contributed by atoms with Crippen molar-refractivity contribution in [1.29, 1.82) is 0 Å². The van der Waals surface area contributed by atoms with E-state index in [2.05, 4.69) is 24.9 Å². The number of nitrogens with two attached hydrogens (primary N) is 1. The van der Waals surface area contributed by atoms with E-state index in [1.165, 1.54) is 35.5 Å². The minimum atomic E-state index is -1.27. The van der Waals surface area contributed by atoms with Crippen LogP contribution in [-0.2, 0) is 25.8 Å². The summed E-state index contributed by atoms with van der Waals surface area (Å²) in [5, 5.41) is 19.3. The average Bonchev–Trinajstić information content (AvgIpc) is 3.45. The minimum Gasteiger partial charge on any atom is -0.477 e. The van der Waals surface area contributed by atoms with Crippen LogP contribution in [0, 0.1) is 5.95 Å². The number of carboxylic acids is 1. The number of thioether (sulfide) groups is 1. The standard InChI is InChI=1S/C19H16FN9O5S2/c1-34-25-11(14-23-19(21)36-26-14)15(30)22-12-16(31)29-13(18(32)33)8(7-35-17(12)29)6-27-4-5-28-10(27)3-2-9(20)24-28/h2-5,12,17H,6-7H2,1H3,(H3-,21,22,23,26,30,32,33)/p+1/b25-11-/t12-,17-/m1/s1. The van der Waals surface area contributed by atoms with Crippen molar-refractivity contribution in [3.8, 4) is 0 Å². The number of aliphatic carboxylic acids is 1. The van der Waals surface area contributed by atoms with Crippen LogP contribution in [0.4, 0.5) is 9.52 Å². The van der Waals surface area contributed by atoms with Crippen LogP contribution in [0.3, 0.4) is 0 Å². The zero-order chi connectivity index (χ0) is 25.6. The molecule has 1 saturated heterocycles. The van der Waals surface area contributed by atoms with E-state index in [-0.39, 0.29) is 34.7 Å². The van der Waals surface area contributed by atoms with Crippen molar-refractivity contribution in [3.05, 3.63) is 47.6 Å². The predicted molar refractivity (Wildman–Crippen MR) is 123 cm³/mol. The van der Waals surface area contributed by atoms with Crippen LogP contribution in [0.2, 0.25) is 0 Å². The van der Waals surface area contributed by atoms with E-state index < -0.39 is 35.1 Å². The van der Waals surface area contributed by atoms with Crippen molar-refractivity contribution in [2.24, 2.45) is 5.16 Å². The fraction of sp³-hybridized carbons (Fsp3) is 0.263. The van der Waals surface area contributed by atoms with Crippen molar-refractivity contribution in [3.63, 3.8) is 0 Å². The highest BCUT2D eigenvalue weighted by Crippen LogP contribution is 2.40. The van der Waals surface area contributed by atoms with Gasteiger partial charge >= 0.3 is 11.6 Å². The van der Waals surface area contributed by atoms with Gasteiger partial charge in [-0.25, -0.2) is 9.36 Å². The monoisotopic (exact) mass is 534 g/mol. The second-order valence-corrected chi connectivity index (χ2v) is 9.47. The third-order valence-electron chi connectivity index (χ3n) is 5.44. The SMILES string of the molecule is CO/N=C(\C(=O)N[C@@H]1C(=O)N2C(C(=O)O)=C(C[n+]3ccn4nc(F)ccc43)CS[C@H]12)c1nsc(N)n1. The molecule has 186 valence electrons. The van der Waals surface area contributed by atoms with Crippen LogP contribution in [0.1, 0.15) is 5.82 Å². The number of fused-ring (bicyclic) bond motifs is 2. The van der Waals surface area contributed by atoms with Crippen LogP contribution in [0.25, 0.3) is 5.65 Å². The molecule has 0 radical (unpaired) electrons. The molecule has 0 bridgehead atoms. The molecular formula is C19H17FN9O5S2+. The van der Waals surface area contributed by atoms with Crippen molar-refractivity contribution in [2.75, 3.05) is 18.6 Å². The van der Waals surface area contributed by atoms with Crippen LogP contribution in [0.5, 0.6) is 0 Å². The third-order valence-corrected chi connectivity index (χ3v) is 7.32. The maximum atomic E-state index is 13.4. The normalized spacial score (nSPS) is 19.8. The number of hydrogen-bond acceptors (Lipinski definition) is 11. The number of aromatic nitrogens is 5. The van der Waals surface area contributed by atoms with Gasteiger partial charge in [-0.05, 0) is 5.10 Å². The number of oxime groups is 1. The number of carboxylic acid groups (broad SMARTS) is 1. The Hall–Kier alpha value is -4.12. The topological polar surface area (TPSA) is 181 Å². The molecule has 0 spiro atoms. The zero-order valence-electron chi connectivity index (χ0n) is 18.4. The number of anilines is 1. The summed E-state index contributed by atoms with van der Waals surface area (Å²) in [6.45, 7) is 0.146. The molecule has 5 rings (SSSR count). The number of hydrogen-bond donors (Lipinski definition) is 3. The van der Waals surface area contributed by atoms with Crippen molar-refractivity contribution >= 4 is 57.6 Å². The van der Waals surface area contributed by atoms with E-state index in [4.69, 9.17) is 10.6 Å². The van der Waals surface area contributed by atoms with Gasteiger partial charge in [0.1, 0.15) is 37.0 Å². The summed E-state index contributed by atoms with van der Waals surface area (Å²) in [5.41, 5.74) is 6.17. The Bertz CT molecular complexity index is 1470. The lowest BCUT2D eigenvalue weighted by atomic mass is 10.0. The Balaban J connectivity index is 1.37. The van der Waals surface area contributed by atoms with E-state index in [9.17, 15) is 23.9 Å². The second kappa shape index (κ2) is 9.15. The molecule has 0 unspecified atom stereocenters. The van der Waals surface area contributed by atoms with E-state index in [1.807, 2.05) is 0 Å². The predicted octanol–water partition coefficient (Wildman–Crippen LogP) is -1.02. The molecule has 0 aromatic carbocycles. The number of nitrogens with one attached hydrogen (secondary N) is 1. The molecule has 0 aliphatic carbocycles. The number of β-lactam (4-membered cyclic amide) rings is 1. The lowest BCUT2D eigenvalue weighted by Crippen LogP contribution is -2.71. The molecule has 5 heterocycles. The largest absolute Gasteiger partial charge is 0.477 e. The zero-order valence-corrected chi connectivity index (χ0v) is 20.0. The molecule has 3 aromatic heterocycles. The molecule has 2 aliphatic heterocycles. The van der Waals surface area contributed by atoms with Gasteiger partial charge < -0.3 is 21.0 Å².